The van der Waals surface area contributed by atoms with E-state index in [0.29, 0.717) is 17.6 Å². The summed E-state index contributed by atoms with van der Waals surface area (Å²) in [4.78, 5) is 11.8. The monoisotopic (exact) mass is 364 g/mol. The number of nitrogens with one attached hydrogen (secondary N) is 1. The standard InChI is InChI=1S/C12H17BrN2O4S/c1-19-7-3-2-6-15-12(16)9-4-5-10(13)11(8-9)20(14,17)18/h4-5,8H,2-3,6-7H2,1H3,(H,15,16)(H2,14,17,18). The van der Waals surface area contributed by atoms with Crippen LogP contribution in [0, 0.1) is 0 Å². The van der Waals surface area contributed by atoms with Gasteiger partial charge in [-0.3, -0.25) is 4.79 Å². The first kappa shape index (κ1) is 17.1. The molecule has 112 valence electrons. The van der Waals surface area contributed by atoms with E-state index in [1.165, 1.54) is 18.2 Å². The Morgan fingerprint density at radius 3 is 2.70 bits per heavy atom. The Kier molecular flexibility index (Phi) is 6.60. The van der Waals surface area contributed by atoms with Crippen molar-refractivity contribution in [1.82, 2.24) is 5.32 Å². The topological polar surface area (TPSA) is 98.5 Å². The average Bonchev–Trinajstić information content (AvgIpc) is 2.37. The highest BCUT2D eigenvalue weighted by atomic mass is 79.9. The van der Waals surface area contributed by atoms with Crippen LogP contribution in [0.15, 0.2) is 27.6 Å². The van der Waals surface area contributed by atoms with Crippen LogP contribution in [0.5, 0.6) is 0 Å². The molecule has 0 aliphatic rings. The van der Waals surface area contributed by atoms with E-state index in [-0.39, 0.29) is 16.4 Å². The van der Waals surface area contributed by atoms with Crippen molar-refractivity contribution in [3.05, 3.63) is 28.2 Å². The van der Waals surface area contributed by atoms with Crippen LogP contribution < -0.4 is 10.5 Å². The second-order valence-corrected chi connectivity index (χ2v) is 6.53. The number of sulfonamides is 1. The van der Waals surface area contributed by atoms with Gasteiger partial charge in [0.25, 0.3) is 5.91 Å². The van der Waals surface area contributed by atoms with Crippen LogP contribution in [0.25, 0.3) is 0 Å². The minimum Gasteiger partial charge on any atom is -0.385 e. The lowest BCUT2D eigenvalue weighted by Crippen LogP contribution is -2.25. The van der Waals surface area contributed by atoms with Crippen molar-refractivity contribution in [3.63, 3.8) is 0 Å². The van der Waals surface area contributed by atoms with Crippen LogP contribution in [-0.4, -0.2) is 34.6 Å². The number of carbonyl (C=O) groups excluding carboxylic acids is 1. The summed E-state index contributed by atoms with van der Waals surface area (Å²) in [6.45, 7) is 1.15. The van der Waals surface area contributed by atoms with Gasteiger partial charge < -0.3 is 10.1 Å². The Labute approximate surface area is 126 Å². The predicted molar refractivity (Wildman–Crippen MR) is 79.0 cm³/mol. The number of benzene rings is 1. The first-order valence-corrected chi connectivity index (χ1v) is 8.29. The van der Waals surface area contributed by atoms with Crippen LogP contribution >= 0.6 is 15.9 Å². The lowest BCUT2D eigenvalue weighted by molar-refractivity contribution is 0.0951. The van der Waals surface area contributed by atoms with Gasteiger partial charge in [0.05, 0.1) is 4.90 Å². The summed E-state index contributed by atoms with van der Waals surface area (Å²) in [5, 5.41) is 7.79. The molecule has 0 fully saturated rings. The fourth-order valence-corrected chi connectivity index (χ4v) is 3.09. The minimum atomic E-state index is -3.87. The second-order valence-electron chi connectivity index (χ2n) is 4.15. The zero-order valence-electron chi connectivity index (χ0n) is 11.1. The largest absolute Gasteiger partial charge is 0.385 e. The van der Waals surface area contributed by atoms with E-state index in [1.54, 1.807) is 7.11 Å². The molecule has 0 heterocycles. The summed E-state index contributed by atoms with van der Waals surface area (Å²) in [6.07, 6.45) is 1.64. The molecule has 0 unspecified atom stereocenters. The summed E-state index contributed by atoms with van der Waals surface area (Å²) in [5.41, 5.74) is 0.254. The van der Waals surface area contributed by atoms with Crippen molar-refractivity contribution in [3.8, 4) is 0 Å². The van der Waals surface area contributed by atoms with Gasteiger partial charge in [-0.2, -0.15) is 0 Å². The van der Waals surface area contributed by atoms with E-state index in [4.69, 9.17) is 9.88 Å². The summed E-state index contributed by atoms with van der Waals surface area (Å²) in [6, 6.07) is 4.27. The third-order valence-electron chi connectivity index (χ3n) is 2.56. The van der Waals surface area contributed by atoms with Crippen LogP contribution in [0.1, 0.15) is 23.2 Å². The molecule has 0 saturated heterocycles. The SMILES string of the molecule is COCCCCNC(=O)c1ccc(Br)c(S(N)(=O)=O)c1. The fourth-order valence-electron chi connectivity index (χ4n) is 1.54. The Morgan fingerprint density at radius 1 is 1.40 bits per heavy atom. The number of rotatable bonds is 7. The Hall–Kier alpha value is -0.960. The number of nitrogens with two attached hydrogens (primary N) is 1. The molecule has 8 heteroatoms. The molecular formula is C12H17BrN2O4S. The van der Waals surface area contributed by atoms with Gasteiger partial charge in [0.2, 0.25) is 10.0 Å². The van der Waals surface area contributed by atoms with E-state index in [0.717, 1.165) is 12.8 Å². The van der Waals surface area contributed by atoms with Crippen molar-refractivity contribution in [2.24, 2.45) is 5.14 Å². The molecule has 0 aliphatic heterocycles. The second kappa shape index (κ2) is 7.72. The molecule has 0 radical (unpaired) electrons. The molecule has 0 bridgehead atoms. The quantitative estimate of drug-likeness (QED) is 0.711. The molecule has 0 aromatic heterocycles. The van der Waals surface area contributed by atoms with Gasteiger partial charge in [-0.05, 0) is 47.0 Å². The van der Waals surface area contributed by atoms with Crippen molar-refractivity contribution in [2.45, 2.75) is 17.7 Å². The normalized spacial score (nSPS) is 11.3. The Balaban J connectivity index is 2.70. The smallest absolute Gasteiger partial charge is 0.251 e. The number of carbonyl (C=O) groups is 1. The van der Waals surface area contributed by atoms with E-state index in [2.05, 4.69) is 21.2 Å². The van der Waals surface area contributed by atoms with Gasteiger partial charge >= 0.3 is 0 Å². The van der Waals surface area contributed by atoms with Crippen LogP contribution in [0.4, 0.5) is 0 Å². The zero-order chi connectivity index (χ0) is 15.2. The number of primary sulfonamides is 1. The van der Waals surface area contributed by atoms with Crippen LogP contribution in [0.2, 0.25) is 0 Å². The molecule has 0 saturated carbocycles. The average molecular weight is 365 g/mol. The number of halogens is 1. The van der Waals surface area contributed by atoms with Gasteiger partial charge in [-0.25, -0.2) is 13.6 Å². The molecule has 0 aliphatic carbocycles. The van der Waals surface area contributed by atoms with Gasteiger partial charge in [0.1, 0.15) is 0 Å². The summed E-state index contributed by atoms with van der Waals surface area (Å²) in [5.74, 6) is -0.334. The minimum absolute atomic E-state index is 0.107. The highest BCUT2D eigenvalue weighted by Gasteiger charge is 2.15. The molecule has 0 spiro atoms. The first-order valence-electron chi connectivity index (χ1n) is 5.95. The van der Waals surface area contributed by atoms with E-state index < -0.39 is 10.0 Å². The molecule has 6 nitrogen and oxygen atoms in total. The number of hydrogen-bond acceptors (Lipinski definition) is 4. The molecular weight excluding hydrogens is 348 g/mol. The fraction of sp³-hybridized carbons (Fsp3) is 0.417. The lowest BCUT2D eigenvalue weighted by Gasteiger charge is -2.07. The number of hydrogen-bond donors (Lipinski definition) is 2. The molecule has 1 aromatic rings. The lowest BCUT2D eigenvalue weighted by atomic mass is 10.2. The number of amides is 1. The summed E-state index contributed by atoms with van der Waals surface area (Å²) >= 11 is 3.09. The third kappa shape index (κ3) is 5.20. The van der Waals surface area contributed by atoms with Crippen LogP contribution in [0.3, 0.4) is 0 Å². The van der Waals surface area contributed by atoms with Crippen molar-refractivity contribution >= 4 is 31.9 Å². The van der Waals surface area contributed by atoms with Gasteiger partial charge in [0, 0.05) is 30.3 Å². The molecule has 3 N–H and O–H groups in total. The first-order chi connectivity index (χ1) is 9.36. The van der Waals surface area contributed by atoms with E-state index >= 15 is 0 Å². The number of ether oxygens (including phenoxy) is 1. The van der Waals surface area contributed by atoms with E-state index in [1.807, 2.05) is 0 Å². The number of methoxy groups -OCH3 is 1. The number of unbranched alkanes of at least 4 members (excludes halogenated alkanes) is 1. The maximum absolute atomic E-state index is 11.9. The molecule has 1 amide bonds. The Bertz CT molecular complexity index is 575. The molecule has 1 aromatic carbocycles. The third-order valence-corrected chi connectivity index (χ3v) is 4.47. The maximum Gasteiger partial charge on any atom is 0.251 e. The van der Waals surface area contributed by atoms with E-state index in [9.17, 15) is 13.2 Å². The highest BCUT2D eigenvalue weighted by molar-refractivity contribution is 9.10. The maximum atomic E-state index is 11.9. The predicted octanol–water partition coefficient (Wildman–Crippen LogP) is 1.25. The van der Waals surface area contributed by atoms with Gasteiger partial charge in [0.15, 0.2) is 0 Å². The summed E-state index contributed by atoms with van der Waals surface area (Å²) < 4.78 is 28.0. The van der Waals surface area contributed by atoms with Crippen molar-refractivity contribution < 1.29 is 17.9 Å². The molecule has 1 rings (SSSR count). The van der Waals surface area contributed by atoms with Crippen molar-refractivity contribution in [1.29, 1.82) is 0 Å². The molecule has 20 heavy (non-hydrogen) atoms. The Morgan fingerprint density at radius 2 is 2.10 bits per heavy atom. The van der Waals surface area contributed by atoms with Crippen LogP contribution in [-0.2, 0) is 14.8 Å². The highest BCUT2D eigenvalue weighted by Crippen LogP contribution is 2.22. The zero-order valence-corrected chi connectivity index (χ0v) is 13.5. The molecule has 0 atom stereocenters. The summed E-state index contributed by atoms with van der Waals surface area (Å²) in [7, 11) is -2.25. The van der Waals surface area contributed by atoms with Gasteiger partial charge in [-0.15, -0.1) is 0 Å². The van der Waals surface area contributed by atoms with Crippen molar-refractivity contribution in [2.75, 3.05) is 20.3 Å². The van der Waals surface area contributed by atoms with Gasteiger partial charge in [-0.1, -0.05) is 0 Å².